The third kappa shape index (κ3) is 1.88. The monoisotopic (exact) mass is 285 g/mol. The van der Waals surface area contributed by atoms with E-state index in [0.717, 1.165) is 0 Å². The van der Waals surface area contributed by atoms with E-state index >= 15 is 0 Å². The Morgan fingerprint density at radius 1 is 1.19 bits per heavy atom. The molecule has 0 saturated carbocycles. The van der Waals surface area contributed by atoms with E-state index in [9.17, 15) is 14.7 Å². The minimum Gasteiger partial charge on any atom is -0.541 e. The molecule has 84 valence electrons. The van der Waals surface area contributed by atoms with Crippen LogP contribution in [0.1, 0.15) is 10.4 Å². The zero-order valence-corrected chi connectivity index (χ0v) is 9.57. The number of benzene rings is 1. The van der Waals surface area contributed by atoms with Crippen molar-refractivity contribution in [2.75, 3.05) is 13.2 Å². The van der Waals surface area contributed by atoms with Gasteiger partial charge in [-0.3, -0.25) is 4.79 Å². The van der Waals surface area contributed by atoms with Crippen molar-refractivity contribution >= 4 is 27.7 Å². The number of carboxylic acid groups (broad SMARTS) is 1. The van der Waals surface area contributed by atoms with Gasteiger partial charge in [0.1, 0.15) is 19.2 Å². The molecule has 1 aromatic rings. The van der Waals surface area contributed by atoms with Crippen molar-refractivity contribution in [3.63, 3.8) is 0 Å². The van der Waals surface area contributed by atoms with Crippen LogP contribution in [0.2, 0.25) is 0 Å². The highest BCUT2D eigenvalue weighted by Crippen LogP contribution is 2.35. The van der Waals surface area contributed by atoms with Crippen LogP contribution in [0.25, 0.3) is 0 Å². The number of hydrogen-bond donors (Lipinski definition) is 0. The van der Waals surface area contributed by atoms with Crippen molar-refractivity contribution in [2.24, 2.45) is 0 Å². The lowest BCUT2D eigenvalue weighted by Gasteiger charge is -2.19. The topological polar surface area (TPSA) is 75.7 Å². The molecule has 0 amide bonds. The number of Topliss-reactive ketones (excluding diaryl/α,β-unsaturated/α-hetero) is 1. The summed E-state index contributed by atoms with van der Waals surface area (Å²) >= 11 is 3.10. The SMILES string of the molecule is O=C([O-])C(=O)c1cc2c(cc1Br)OCCO2. The molecule has 1 aliphatic heterocycles. The summed E-state index contributed by atoms with van der Waals surface area (Å²) < 4.78 is 10.8. The lowest BCUT2D eigenvalue weighted by atomic mass is 10.1. The van der Waals surface area contributed by atoms with Crippen LogP contribution in [-0.2, 0) is 4.79 Å². The van der Waals surface area contributed by atoms with Gasteiger partial charge in [0.15, 0.2) is 11.5 Å². The maximum absolute atomic E-state index is 11.3. The van der Waals surface area contributed by atoms with Gasteiger partial charge < -0.3 is 19.4 Å². The summed E-state index contributed by atoms with van der Waals surface area (Å²) in [7, 11) is 0. The summed E-state index contributed by atoms with van der Waals surface area (Å²) in [5, 5.41) is 10.5. The Labute approximate surface area is 99.1 Å². The normalized spacial score (nSPS) is 13.3. The Bertz CT molecular complexity index is 469. The molecule has 1 aromatic carbocycles. The third-order valence-corrected chi connectivity index (χ3v) is 2.72. The number of ketones is 1. The molecule has 0 unspecified atom stereocenters. The van der Waals surface area contributed by atoms with Crippen molar-refractivity contribution in [3.05, 3.63) is 22.2 Å². The zero-order valence-electron chi connectivity index (χ0n) is 7.99. The third-order valence-electron chi connectivity index (χ3n) is 2.06. The number of hydrogen-bond acceptors (Lipinski definition) is 5. The lowest BCUT2D eigenvalue weighted by Crippen LogP contribution is -2.31. The van der Waals surface area contributed by atoms with Crippen LogP contribution < -0.4 is 14.6 Å². The van der Waals surface area contributed by atoms with Gasteiger partial charge >= 0.3 is 0 Å². The molecule has 0 aromatic heterocycles. The van der Waals surface area contributed by atoms with Crippen LogP contribution in [-0.4, -0.2) is 25.0 Å². The van der Waals surface area contributed by atoms with Crippen molar-refractivity contribution in [3.8, 4) is 11.5 Å². The van der Waals surface area contributed by atoms with Gasteiger partial charge in [-0.1, -0.05) is 0 Å². The molecule has 2 rings (SSSR count). The molecule has 5 nitrogen and oxygen atoms in total. The average molecular weight is 286 g/mol. The molecule has 0 atom stereocenters. The number of halogens is 1. The van der Waals surface area contributed by atoms with Crippen LogP contribution >= 0.6 is 15.9 Å². The van der Waals surface area contributed by atoms with Gasteiger partial charge in [0.25, 0.3) is 0 Å². The highest BCUT2D eigenvalue weighted by molar-refractivity contribution is 9.10. The Hall–Kier alpha value is -1.56. The van der Waals surface area contributed by atoms with E-state index in [0.29, 0.717) is 29.2 Å². The van der Waals surface area contributed by atoms with Crippen LogP contribution in [0, 0.1) is 0 Å². The molecule has 0 bridgehead atoms. The lowest BCUT2D eigenvalue weighted by molar-refractivity contribution is -0.296. The van der Waals surface area contributed by atoms with E-state index < -0.39 is 11.8 Å². The minimum absolute atomic E-state index is 0.00995. The summed E-state index contributed by atoms with van der Waals surface area (Å²) in [6.45, 7) is 0.792. The summed E-state index contributed by atoms with van der Waals surface area (Å²) in [6.07, 6.45) is 0. The number of carbonyl (C=O) groups excluding carboxylic acids is 2. The second kappa shape index (κ2) is 4.13. The minimum atomic E-state index is -1.75. The Morgan fingerprint density at radius 2 is 1.75 bits per heavy atom. The van der Waals surface area contributed by atoms with Gasteiger partial charge in [-0.05, 0) is 28.1 Å². The van der Waals surface area contributed by atoms with E-state index in [-0.39, 0.29) is 5.56 Å². The van der Waals surface area contributed by atoms with E-state index in [1.54, 1.807) is 0 Å². The first-order chi connectivity index (χ1) is 7.59. The predicted octanol–water partition coefficient (Wildman–Crippen LogP) is 0.153. The van der Waals surface area contributed by atoms with Gasteiger partial charge in [0, 0.05) is 10.0 Å². The van der Waals surface area contributed by atoms with Crippen molar-refractivity contribution in [1.82, 2.24) is 0 Å². The van der Waals surface area contributed by atoms with Crippen LogP contribution in [0.15, 0.2) is 16.6 Å². The summed E-state index contributed by atoms with van der Waals surface area (Å²) in [5.74, 6) is -2.01. The first-order valence-corrected chi connectivity index (χ1v) is 5.23. The Kier molecular flexibility index (Phi) is 2.82. The fourth-order valence-corrected chi connectivity index (χ4v) is 1.85. The van der Waals surface area contributed by atoms with E-state index in [2.05, 4.69) is 15.9 Å². The number of rotatable bonds is 2. The zero-order chi connectivity index (χ0) is 11.7. The highest BCUT2D eigenvalue weighted by atomic mass is 79.9. The number of fused-ring (bicyclic) bond motifs is 1. The van der Waals surface area contributed by atoms with Crippen molar-refractivity contribution in [2.45, 2.75) is 0 Å². The molecule has 0 radical (unpaired) electrons. The summed E-state index contributed by atoms with van der Waals surface area (Å²) in [5.41, 5.74) is -0.00995. The molecular weight excluding hydrogens is 280 g/mol. The maximum Gasteiger partial charge on any atom is 0.209 e. The largest absolute Gasteiger partial charge is 0.541 e. The Morgan fingerprint density at radius 3 is 2.31 bits per heavy atom. The number of carbonyl (C=O) groups is 2. The van der Waals surface area contributed by atoms with Crippen LogP contribution in [0.5, 0.6) is 11.5 Å². The van der Waals surface area contributed by atoms with Crippen molar-refractivity contribution in [1.29, 1.82) is 0 Å². The molecule has 1 aliphatic rings. The molecule has 0 fully saturated rings. The van der Waals surface area contributed by atoms with Gasteiger partial charge in [0.05, 0.1) is 0 Å². The smallest absolute Gasteiger partial charge is 0.209 e. The van der Waals surface area contributed by atoms with E-state index in [1.807, 2.05) is 0 Å². The second-order valence-electron chi connectivity index (χ2n) is 3.09. The second-order valence-corrected chi connectivity index (χ2v) is 3.95. The van der Waals surface area contributed by atoms with E-state index in [4.69, 9.17) is 9.47 Å². The Balaban J connectivity index is 2.47. The number of aliphatic carboxylic acids is 1. The molecule has 16 heavy (non-hydrogen) atoms. The van der Waals surface area contributed by atoms with Gasteiger partial charge in [-0.15, -0.1) is 0 Å². The van der Waals surface area contributed by atoms with Crippen molar-refractivity contribution < 1.29 is 24.2 Å². The molecule has 1 heterocycles. The maximum atomic E-state index is 11.3. The number of carboxylic acids is 1. The predicted molar refractivity (Wildman–Crippen MR) is 54.5 cm³/mol. The quantitative estimate of drug-likeness (QED) is 0.571. The fourth-order valence-electron chi connectivity index (χ4n) is 1.35. The van der Waals surface area contributed by atoms with Gasteiger partial charge in [-0.2, -0.15) is 0 Å². The molecule has 0 N–H and O–H groups in total. The van der Waals surface area contributed by atoms with Crippen LogP contribution in [0.4, 0.5) is 0 Å². The first-order valence-electron chi connectivity index (χ1n) is 4.44. The van der Waals surface area contributed by atoms with E-state index in [1.165, 1.54) is 12.1 Å². The average Bonchev–Trinajstić information content (AvgIpc) is 2.27. The standard InChI is InChI=1S/C10H7BrO5/c11-6-4-8-7(15-1-2-16-8)3-5(6)9(12)10(13)14/h3-4H,1-2H2,(H,13,14)/p-1. The molecular formula is C10H6BrO5-. The summed E-state index contributed by atoms with van der Waals surface area (Å²) in [4.78, 5) is 21.7. The van der Waals surface area contributed by atoms with Crippen LogP contribution in [0.3, 0.4) is 0 Å². The number of ether oxygens (including phenoxy) is 2. The summed E-state index contributed by atoms with van der Waals surface area (Å²) in [6, 6.07) is 2.83. The molecule has 6 heteroatoms. The molecule has 0 saturated heterocycles. The molecule has 0 aliphatic carbocycles. The first kappa shape index (κ1) is 10.9. The van der Waals surface area contributed by atoms with Gasteiger partial charge in [0.2, 0.25) is 5.78 Å². The molecule has 0 spiro atoms. The highest BCUT2D eigenvalue weighted by Gasteiger charge is 2.18. The fraction of sp³-hybridized carbons (Fsp3) is 0.200. The van der Waals surface area contributed by atoms with Gasteiger partial charge in [-0.25, -0.2) is 0 Å².